The highest BCUT2D eigenvalue weighted by Crippen LogP contribution is 2.23. The average molecular weight is 399 g/mol. The smallest absolute Gasteiger partial charge is 0.308 e. The Kier molecular flexibility index (Phi) is 6.98. The lowest BCUT2D eigenvalue weighted by Gasteiger charge is -2.23. The average Bonchev–Trinajstić information content (AvgIpc) is 3.10. The van der Waals surface area contributed by atoms with Crippen molar-refractivity contribution in [3.63, 3.8) is 0 Å². The number of ether oxygens (including phenoxy) is 1. The van der Waals surface area contributed by atoms with Gasteiger partial charge in [0.15, 0.2) is 5.69 Å². The molecule has 1 aliphatic heterocycles. The number of hydrogen-bond acceptors (Lipinski definition) is 6. The van der Waals surface area contributed by atoms with Gasteiger partial charge in [0.2, 0.25) is 0 Å². The summed E-state index contributed by atoms with van der Waals surface area (Å²) in [5.74, 6) is -0.684. The predicted molar refractivity (Wildman–Crippen MR) is 109 cm³/mol. The van der Waals surface area contributed by atoms with Crippen molar-refractivity contribution in [3.8, 4) is 0 Å². The summed E-state index contributed by atoms with van der Waals surface area (Å²) in [6.07, 6.45) is 1.98. The Morgan fingerprint density at radius 3 is 2.69 bits per heavy atom. The second kappa shape index (κ2) is 9.65. The third-order valence-electron chi connectivity index (χ3n) is 5.34. The minimum atomic E-state index is -0.494. The molecule has 1 aromatic carbocycles. The molecular weight excluding hydrogens is 370 g/mol. The van der Waals surface area contributed by atoms with E-state index in [1.807, 2.05) is 42.8 Å². The molecule has 1 unspecified atom stereocenters. The minimum absolute atomic E-state index is 0.0614. The molecule has 0 aliphatic carbocycles. The van der Waals surface area contributed by atoms with Crippen LogP contribution in [0, 0.1) is 13.8 Å². The van der Waals surface area contributed by atoms with E-state index < -0.39 is 6.04 Å². The van der Waals surface area contributed by atoms with Gasteiger partial charge in [-0.25, -0.2) is 4.68 Å². The molecule has 0 radical (unpaired) electrons. The Morgan fingerprint density at radius 1 is 1.28 bits per heavy atom. The summed E-state index contributed by atoms with van der Waals surface area (Å²) in [6, 6.07) is 7.45. The molecule has 1 aromatic heterocycles. The van der Waals surface area contributed by atoms with Gasteiger partial charge in [0.25, 0.3) is 5.91 Å². The maximum atomic E-state index is 13.0. The molecule has 1 aliphatic rings. The van der Waals surface area contributed by atoms with E-state index in [0.29, 0.717) is 12.3 Å². The number of benzene rings is 1. The first-order valence-electron chi connectivity index (χ1n) is 10.2. The number of amides is 1. The number of rotatable bonds is 7. The molecule has 1 amide bonds. The summed E-state index contributed by atoms with van der Waals surface area (Å²) in [6.45, 7) is 7.75. The molecule has 1 fully saturated rings. The van der Waals surface area contributed by atoms with Gasteiger partial charge in [-0.05, 0) is 57.8 Å². The number of carbonyl (C=O) groups excluding carboxylic acids is 2. The van der Waals surface area contributed by atoms with Crippen LogP contribution in [0.25, 0.3) is 0 Å². The van der Waals surface area contributed by atoms with E-state index in [2.05, 4.69) is 20.9 Å². The van der Waals surface area contributed by atoms with Gasteiger partial charge in [-0.1, -0.05) is 29.5 Å². The highest BCUT2D eigenvalue weighted by molar-refractivity contribution is 5.93. The van der Waals surface area contributed by atoms with Gasteiger partial charge in [-0.3, -0.25) is 9.59 Å². The molecule has 29 heavy (non-hydrogen) atoms. The van der Waals surface area contributed by atoms with Crippen molar-refractivity contribution in [3.05, 3.63) is 46.8 Å². The van der Waals surface area contributed by atoms with Crippen LogP contribution in [0.2, 0.25) is 0 Å². The molecule has 1 atom stereocenters. The molecule has 3 rings (SSSR count). The largest absolute Gasteiger partial charge is 0.466 e. The number of nitrogens with one attached hydrogen (secondary N) is 2. The lowest BCUT2D eigenvalue weighted by Crippen LogP contribution is -2.32. The lowest BCUT2D eigenvalue weighted by molar-refractivity contribution is -0.143. The quantitative estimate of drug-likeness (QED) is 0.693. The van der Waals surface area contributed by atoms with Crippen LogP contribution in [0.3, 0.4) is 0 Å². The summed E-state index contributed by atoms with van der Waals surface area (Å²) in [4.78, 5) is 25.1. The Bertz CT molecular complexity index is 858. The number of carbonyl (C=O) groups is 2. The molecule has 156 valence electrons. The molecule has 2 aromatic rings. The fraction of sp³-hybridized carbons (Fsp3) is 0.524. The van der Waals surface area contributed by atoms with E-state index in [-0.39, 0.29) is 24.3 Å². The van der Waals surface area contributed by atoms with Gasteiger partial charge >= 0.3 is 5.97 Å². The second-order valence-electron chi connectivity index (χ2n) is 7.34. The topological polar surface area (TPSA) is 98.1 Å². The number of hydrogen-bond donors (Lipinski definition) is 2. The standard InChI is InChI=1S/C21H29N5O3/c1-4-29-19(27)13-18(17-8-6-5-7-14(17)2)23-21(28)20-15(3)26(25-24-20)16-9-11-22-12-10-16/h5-8,16,18,22H,4,9-13H2,1-3H3,(H,23,28). The van der Waals surface area contributed by atoms with E-state index in [4.69, 9.17) is 4.74 Å². The Balaban J connectivity index is 1.80. The number of aryl methyl sites for hydroxylation is 1. The van der Waals surface area contributed by atoms with E-state index in [1.165, 1.54) is 0 Å². The normalized spacial score (nSPS) is 15.7. The zero-order valence-corrected chi connectivity index (χ0v) is 17.3. The van der Waals surface area contributed by atoms with E-state index in [0.717, 1.165) is 42.8 Å². The summed E-state index contributed by atoms with van der Waals surface area (Å²) < 4.78 is 6.95. The SMILES string of the molecule is CCOC(=O)CC(NC(=O)c1nnn(C2CCNCC2)c1C)c1ccccc1C. The molecule has 1 saturated heterocycles. The molecule has 8 heteroatoms. The summed E-state index contributed by atoms with van der Waals surface area (Å²) in [5.41, 5.74) is 2.93. The molecular formula is C21H29N5O3. The summed E-state index contributed by atoms with van der Waals surface area (Å²) >= 11 is 0. The first kappa shape index (κ1) is 21.0. The van der Waals surface area contributed by atoms with Crippen LogP contribution in [0.5, 0.6) is 0 Å². The zero-order valence-electron chi connectivity index (χ0n) is 17.3. The van der Waals surface area contributed by atoms with Crippen LogP contribution in [-0.4, -0.2) is 46.6 Å². The van der Waals surface area contributed by atoms with Crippen LogP contribution in [0.1, 0.15) is 65.6 Å². The fourth-order valence-corrected chi connectivity index (χ4v) is 3.78. The predicted octanol–water partition coefficient (Wildman–Crippen LogP) is 2.24. The Morgan fingerprint density at radius 2 is 2.00 bits per heavy atom. The van der Waals surface area contributed by atoms with Gasteiger partial charge in [0.1, 0.15) is 0 Å². The van der Waals surface area contributed by atoms with Crippen LogP contribution in [-0.2, 0) is 9.53 Å². The van der Waals surface area contributed by atoms with Crippen molar-refractivity contribution in [1.82, 2.24) is 25.6 Å². The molecule has 2 heterocycles. The van der Waals surface area contributed by atoms with Gasteiger partial charge in [-0.15, -0.1) is 5.10 Å². The van der Waals surface area contributed by atoms with Crippen LogP contribution in [0.15, 0.2) is 24.3 Å². The maximum absolute atomic E-state index is 13.0. The number of aromatic nitrogens is 3. The van der Waals surface area contributed by atoms with E-state index in [1.54, 1.807) is 6.92 Å². The summed E-state index contributed by atoms with van der Waals surface area (Å²) in [5, 5.41) is 14.7. The molecule has 0 spiro atoms. The second-order valence-corrected chi connectivity index (χ2v) is 7.34. The first-order chi connectivity index (χ1) is 14.0. The van der Waals surface area contributed by atoms with Crippen molar-refractivity contribution in [2.75, 3.05) is 19.7 Å². The maximum Gasteiger partial charge on any atom is 0.308 e. The molecule has 0 bridgehead atoms. The highest BCUT2D eigenvalue weighted by Gasteiger charge is 2.26. The Labute approximate surface area is 171 Å². The van der Waals surface area contributed by atoms with Crippen LogP contribution >= 0.6 is 0 Å². The zero-order chi connectivity index (χ0) is 20.8. The molecule has 8 nitrogen and oxygen atoms in total. The van der Waals surface area contributed by atoms with Gasteiger partial charge in [-0.2, -0.15) is 0 Å². The van der Waals surface area contributed by atoms with E-state index >= 15 is 0 Å². The van der Waals surface area contributed by atoms with Crippen LogP contribution < -0.4 is 10.6 Å². The van der Waals surface area contributed by atoms with Crippen molar-refractivity contribution < 1.29 is 14.3 Å². The number of nitrogens with zero attached hydrogens (tertiary/aromatic N) is 3. The van der Waals surface area contributed by atoms with Crippen molar-refractivity contribution >= 4 is 11.9 Å². The number of esters is 1. The van der Waals surface area contributed by atoms with Crippen molar-refractivity contribution in [2.24, 2.45) is 0 Å². The van der Waals surface area contributed by atoms with Gasteiger partial charge < -0.3 is 15.4 Å². The third kappa shape index (κ3) is 5.00. The highest BCUT2D eigenvalue weighted by atomic mass is 16.5. The fourth-order valence-electron chi connectivity index (χ4n) is 3.78. The summed E-state index contributed by atoms with van der Waals surface area (Å²) in [7, 11) is 0. The third-order valence-corrected chi connectivity index (χ3v) is 5.34. The molecule has 0 saturated carbocycles. The van der Waals surface area contributed by atoms with Crippen molar-refractivity contribution in [2.45, 2.75) is 52.1 Å². The van der Waals surface area contributed by atoms with Crippen molar-refractivity contribution in [1.29, 1.82) is 0 Å². The van der Waals surface area contributed by atoms with Gasteiger partial charge in [0.05, 0.1) is 30.8 Å². The minimum Gasteiger partial charge on any atom is -0.466 e. The molecule has 2 N–H and O–H groups in total. The van der Waals surface area contributed by atoms with Crippen LogP contribution in [0.4, 0.5) is 0 Å². The first-order valence-corrected chi connectivity index (χ1v) is 10.2. The lowest BCUT2D eigenvalue weighted by atomic mass is 9.98. The number of piperidine rings is 1. The monoisotopic (exact) mass is 399 g/mol. The Hall–Kier alpha value is -2.74. The van der Waals surface area contributed by atoms with Gasteiger partial charge in [0, 0.05) is 0 Å². The van der Waals surface area contributed by atoms with E-state index in [9.17, 15) is 9.59 Å².